The number of carbonyl (C=O) groups is 2. The normalized spacial score (nSPS) is 28.2. The topological polar surface area (TPSA) is 72.0 Å². The molecule has 1 aromatic rings. The van der Waals surface area contributed by atoms with Crippen molar-refractivity contribution in [3.63, 3.8) is 0 Å². The summed E-state index contributed by atoms with van der Waals surface area (Å²) < 4.78 is 50.5. The first kappa shape index (κ1) is 22.6. The number of hydrogen-bond donors (Lipinski definition) is 0. The smallest absolute Gasteiger partial charge is 0.433 e. The van der Waals surface area contributed by atoms with Crippen LogP contribution in [0.1, 0.15) is 49.6 Å². The SMILES string of the molecule is CC1C(=O)OC2(CCN(C3CCOCC3)CC2)C1C(=O)N1Cc2ccc(C(F)(F)F)nc2C1. The third-order valence-electron chi connectivity index (χ3n) is 7.73. The second-order valence-corrected chi connectivity index (χ2v) is 9.63. The van der Waals surface area contributed by atoms with Crippen LogP contribution in [0.3, 0.4) is 0 Å². The summed E-state index contributed by atoms with van der Waals surface area (Å²) in [4.78, 5) is 33.9. The number of nitrogens with zero attached hydrogens (tertiary/aromatic N) is 3. The maximum absolute atomic E-state index is 13.6. The van der Waals surface area contributed by atoms with Gasteiger partial charge in [0.2, 0.25) is 5.91 Å². The number of esters is 1. The van der Waals surface area contributed by atoms with E-state index in [0.29, 0.717) is 24.4 Å². The lowest BCUT2D eigenvalue weighted by Gasteiger charge is -2.45. The Labute approximate surface area is 190 Å². The van der Waals surface area contributed by atoms with Gasteiger partial charge >= 0.3 is 12.1 Å². The highest BCUT2D eigenvalue weighted by Gasteiger charge is 2.59. The van der Waals surface area contributed by atoms with Crippen molar-refractivity contribution in [2.24, 2.45) is 11.8 Å². The number of ether oxygens (including phenoxy) is 2. The first-order valence-electron chi connectivity index (χ1n) is 11.6. The third kappa shape index (κ3) is 4.01. The van der Waals surface area contributed by atoms with E-state index in [9.17, 15) is 22.8 Å². The van der Waals surface area contributed by atoms with Gasteiger partial charge in [-0.05, 0) is 24.5 Å². The van der Waals surface area contributed by atoms with Gasteiger partial charge in [-0.25, -0.2) is 4.98 Å². The number of rotatable bonds is 2. The zero-order valence-electron chi connectivity index (χ0n) is 18.6. The Morgan fingerprint density at radius 2 is 1.85 bits per heavy atom. The van der Waals surface area contributed by atoms with Gasteiger partial charge in [-0.15, -0.1) is 0 Å². The van der Waals surface area contributed by atoms with Crippen LogP contribution in [-0.4, -0.2) is 64.6 Å². The van der Waals surface area contributed by atoms with Gasteiger partial charge in [0.25, 0.3) is 0 Å². The van der Waals surface area contributed by atoms with Crippen LogP contribution < -0.4 is 0 Å². The lowest BCUT2D eigenvalue weighted by atomic mass is 9.74. The van der Waals surface area contributed by atoms with E-state index < -0.39 is 29.3 Å². The Kier molecular flexibility index (Phi) is 5.63. The monoisotopic (exact) mass is 467 g/mol. The van der Waals surface area contributed by atoms with E-state index in [1.54, 1.807) is 6.92 Å². The Bertz CT molecular complexity index is 939. The highest BCUT2D eigenvalue weighted by atomic mass is 19.4. The number of aromatic nitrogens is 1. The lowest BCUT2D eigenvalue weighted by Crippen LogP contribution is -2.55. The largest absolute Gasteiger partial charge is 0.458 e. The molecule has 0 aromatic carbocycles. The van der Waals surface area contributed by atoms with E-state index >= 15 is 0 Å². The predicted octanol–water partition coefficient (Wildman–Crippen LogP) is 2.77. The fraction of sp³-hybridized carbons (Fsp3) is 0.696. The number of hydrogen-bond acceptors (Lipinski definition) is 6. The molecule has 0 radical (unpaired) electrons. The molecule has 10 heteroatoms. The molecule has 1 spiro atoms. The molecule has 180 valence electrons. The maximum atomic E-state index is 13.6. The minimum atomic E-state index is -4.53. The van der Waals surface area contributed by atoms with Crippen molar-refractivity contribution in [3.8, 4) is 0 Å². The summed E-state index contributed by atoms with van der Waals surface area (Å²) in [7, 11) is 0. The highest BCUT2D eigenvalue weighted by Crippen LogP contribution is 2.46. The molecule has 4 aliphatic heterocycles. The average Bonchev–Trinajstić information content (AvgIpc) is 3.32. The minimum Gasteiger partial charge on any atom is -0.458 e. The van der Waals surface area contributed by atoms with Gasteiger partial charge in [0.05, 0.1) is 24.1 Å². The summed E-state index contributed by atoms with van der Waals surface area (Å²) in [5, 5.41) is 0. The molecule has 2 unspecified atom stereocenters. The van der Waals surface area contributed by atoms with Crippen LogP contribution in [0, 0.1) is 11.8 Å². The van der Waals surface area contributed by atoms with Crippen LogP contribution in [0.15, 0.2) is 12.1 Å². The fourth-order valence-corrected chi connectivity index (χ4v) is 5.88. The van der Waals surface area contributed by atoms with Crippen molar-refractivity contribution >= 4 is 11.9 Å². The number of likely N-dealkylation sites (tertiary alicyclic amines) is 1. The standard InChI is InChI=1S/C23H28F3N3O4/c1-14-19(20(30)29-12-15-2-3-18(23(24,25)26)27-17(15)13-29)22(33-21(14)31)6-8-28(9-7-22)16-4-10-32-11-5-16/h2-3,14,16,19H,4-13H2,1H3. The van der Waals surface area contributed by atoms with Gasteiger partial charge in [-0.1, -0.05) is 13.0 Å². The van der Waals surface area contributed by atoms with Crippen molar-refractivity contribution in [2.45, 2.75) is 63.5 Å². The van der Waals surface area contributed by atoms with Crippen LogP contribution in [0.4, 0.5) is 13.2 Å². The van der Waals surface area contributed by atoms with Crippen LogP contribution >= 0.6 is 0 Å². The molecule has 2 atom stereocenters. The van der Waals surface area contributed by atoms with Crippen molar-refractivity contribution in [3.05, 3.63) is 29.1 Å². The minimum absolute atomic E-state index is 0.0137. The summed E-state index contributed by atoms with van der Waals surface area (Å²) in [6, 6.07) is 2.78. The van der Waals surface area contributed by atoms with Gasteiger partial charge in [-0.2, -0.15) is 13.2 Å². The Morgan fingerprint density at radius 3 is 2.52 bits per heavy atom. The zero-order valence-corrected chi connectivity index (χ0v) is 18.6. The number of piperidine rings is 1. The lowest BCUT2D eigenvalue weighted by molar-refractivity contribution is -0.159. The first-order valence-corrected chi connectivity index (χ1v) is 11.6. The van der Waals surface area contributed by atoms with Crippen molar-refractivity contribution in [1.29, 1.82) is 0 Å². The summed E-state index contributed by atoms with van der Waals surface area (Å²) in [5.74, 6) is -1.84. The molecule has 3 saturated heterocycles. The summed E-state index contributed by atoms with van der Waals surface area (Å²) in [6.45, 7) is 4.91. The molecule has 7 nitrogen and oxygen atoms in total. The zero-order chi connectivity index (χ0) is 23.4. The van der Waals surface area contributed by atoms with Crippen molar-refractivity contribution in [1.82, 2.24) is 14.8 Å². The van der Waals surface area contributed by atoms with Crippen LogP contribution in [0.25, 0.3) is 0 Å². The molecule has 0 aliphatic carbocycles. The number of carbonyl (C=O) groups excluding carboxylic acids is 2. The van der Waals surface area contributed by atoms with E-state index in [-0.39, 0.29) is 30.7 Å². The van der Waals surface area contributed by atoms with Gasteiger partial charge in [-0.3, -0.25) is 14.5 Å². The summed E-state index contributed by atoms with van der Waals surface area (Å²) in [5.41, 5.74) is -0.938. The van der Waals surface area contributed by atoms with Crippen LogP contribution in [0.2, 0.25) is 0 Å². The van der Waals surface area contributed by atoms with Crippen molar-refractivity contribution in [2.75, 3.05) is 26.3 Å². The molecule has 1 aromatic heterocycles. The molecule has 0 saturated carbocycles. The molecule has 1 amide bonds. The molecule has 4 aliphatic rings. The van der Waals surface area contributed by atoms with Gasteiger partial charge in [0.1, 0.15) is 11.3 Å². The molecule has 0 N–H and O–H groups in total. The molecule has 33 heavy (non-hydrogen) atoms. The molecule has 0 bridgehead atoms. The number of amides is 1. The van der Waals surface area contributed by atoms with E-state index in [0.717, 1.165) is 45.2 Å². The van der Waals surface area contributed by atoms with E-state index in [2.05, 4.69) is 9.88 Å². The van der Waals surface area contributed by atoms with Crippen LogP contribution in [0.5, 0.6) is 0 Å². The second kappa shape index (κ2) is 8.23. The number of halogens is 3. The molecule has 5 heterocycles. The molecular weight excluding hydrogens is 439 g/mol. The van der Waals surface area contributed by atoms with Gasteiger partial charge in [0, 0.05) is 51.7 Å². The second-order valence-electron chi connectivity index (χ2n) is 9.63. The molecule has 5 rings (SSSR count). The van der Waals surface area contributed by atoms with Gasteiger partial charge < -0.3 is 14.4 Å². The number of alkyl halides is 3. The van der Waals surface area contributed by atoms with E-state index in [4.69, 9.17) is 9.47 Å². The Balaban J connectivity index is 1.32. The first-order chi connectivity index (χ1) is 15.7. The van der Waals surface area contributed by atoms with Gasteiger partial charge in [0.15, 0.2) is 0 Å². The molecule has 3 fully saturated rings. The average molecular weight is 467 g/mol. The maximum Gasteiger partial charge on any atom is 0.433 e. The fourth-order valence-electron chi connectivity index (χ4n) is 5.88. The molecular formula is C23H28F3N3O4. The summed E-state index contributed by atoms with van der Waals surface area (Å²) in [6.07, 6.45) is -1.42. The van der Waals surface area contributed by atoms with E-state index in [1.807, 2.05) is 0 Å². The highest BCUT2D eigenvalue weighted by molar-refractivity contribution is 5.89. The number of fused-ring (bicyclic) bond motifs is 1. The van der Waals surface area contributed by atoms with E-state index in [1.165, 1.54) is 11.0 Å². The van der Waals surface area contributed by atoms with Crippen molar-refractivity contribution < 1.29 is 32.2 Å². The quantitative estimate of drug-likeness (QED) is 0.623. The van der Waals surface area contributed by atoms with Crippen LogP contribution in [-0.2, 0) is 38.3 Å². The summed E-state index contributed by atoms with van der Waals surface area (Å²) >= 11 is 0. The number of pyridine rings is 1. The predicted molar refractivity (Wildman–Crippen MR) is 110 cm³/mol. The Morgan fingerprint density at radius 1 is 1.15 bits per heavy atom. The Hall–Kier alpha value is -2.20. The third-order valence-corrected chi connectivity index (χ3v) is 7.73.